The lowest BCUT2D eigenvalue weighted by Gasteiger charge is -2.22. The Morgan fingerprint density at radius 3 is 2.77 bits per heavy atom. The van der Waals surface area contributed by atoms with Gasteiger partial charge in [0.1, 0.15) is 6.67 Å². The van der Waals surface area contributed by atoms with E-state index in [1.165, 1.54) is 0 Å². The molecule has 2 atom stereocenters. The van der Waals surface area contributed by atoms with Gasteiger partial charge < -0.3 is 4.90 Å². The number of rotatable bonds is 2. The van der Waals surface area contributed by atoms with Gasteiger partial charge in [-0.15, -0.1) is 0 Å². The van der Waals surface area contributed by atoms with Crippen molar-refractivity contribution in [1.82, 2.24) is 4.90 Å². The molecule has 0 N–H and O–H groups in total. The zero-order chi connectivity index (χ0) is 9.42. The molecule has 1 saturated heterocycles. The first-order valence-corrected chi connectivity index (χ1v) is 5.08. The Labute approximate surface area is 78.1 Å². The van der Waals surface area contributed by atoms with E-state index < -0.39 is 0 Å². The molecule has 2 aliphatic rings. The fraction of sp³-hybridized carbons (Fsp3) is 0.900. The van der Waals surface area contributed by atoms with Crippen LogP contribution in [0.4, 0.5) is 4.39 Å². The molecule has 2 nitrogen and oxygen atoms in total. The average Bonchev–Trinajstić information content (AvgIpc) is 2.88. The molecule has 2 rings (SSSR count). The molecule has 74 valence electrons. The van der Waals surface area contributed by atoms with Crippen molar-refractivity contribution >= 4 is 5.91 Å². The molecule has 0 radical (unpaired) electrons. The van der Waals surface area contributed by atoms with Gasteiger partial charge in [-0.05, 0) is 25.2 Å². The second kappa shape index (κ2) is 3.28. The largest absolute Gasteiger partial charge is 0.337 e. The van der Waals surface area contributed by atoms with E-state index in [1.807, 2.05) is 0 Å². The number of carbonyl (C=O) groups is 1. The standard InChI is InChI=1S/C10H16FNO/c1-7-4-9(5-11)12(6-7)10(13)8-2-3-8/h7-9H,2-6H2,1H3. The third kappa shape index (κ3) is 1.69. The molecule has 1 heterocycles. The van der Waals surface area contributed by atoms with Crippen LogP contribution in [0.3, 0.4) is 0 Å². The molecule has 1 saturated carbocycles. The minimum Gasteiger partial charge on any atom is -0.337 e. The Bertz CT molecular complexity index is 215. The molecule has 2 unspecified atom stereocenters. The quantitative estimate of drug-likeness (QED) is 0.640. The molecular weight excluding hydrogens is 169 g/mol. The Balaban J connectivity index is 1.99. The summed E-state index contributed by atoms with van der Waals surface area (Å²) < 4.78 is 12.6. The molecule has 0 spiro atoms. The summed E-state index contributed by atoms with van der Waals surface area (Å²) in [6.45, 7) is 2.48. The summed E-state index contributed by atoms with van der Waals surface area (Å²) in [4.78, 5) is 13.4. The van der Waals surface area contributed by atoms with E-state index in [4.69, 9.17) is 0 Å². The van der Waals surface area contributed by atoms with Gasteiger partial charge in [0, 0.05) is 12.5 Å². The Kier molecular flexibility index (Phi) is 2.26. The summed E-state index contributed by atoms with van der Waals surface area (Å²) in [7, 11) is 0. The smallest absolute Gasteiger partial charge is 0.226 e. The van der Waals surface area contributed by atoms with E-state index in [1.54, 1.807) is 4.90 Å². The normalized spacial score (nSPS) is 33.8. The minimum atomic E-state index is -0.372. The average molecular weight is 185 g/mol. The van der Waals surface area contributed by atoms with Gasteiger partial charge in [-0.3, -0.25) is 4.79 Å². The van der Waals surface area contributed by atoms with Gasteiger partial charge in [-0.1, -0.05) is 6.92 Å². The van der Waals surface area contributed by atoms with Crippen LogP contribution in [-0.4, -0.2) is 30.1 Å². The fourth-order valence-corrected chi connectivity index (χ4v) is 2.13. The topological polar surface area (TPSA) is 20.3 Å². The van der Waals surface area contributed by atoms with E-state index in [-0.39, 0.29) is 24.5 Å². The van der Waals surface area contributed by atoms with Crippen molar-refractivity contribution in [2.45, 2.75) is 32.2 Å². The number of amides is 1. The summed E-state index contributed by atoms with van der Waals surface area (Å²) in [5.74, 6) is 0.912. The first-order valence-electron chi connectivity index (χ1n) is 5.08. The number of nitrogens with zero attached hydrogens (tertiary/aromatic N) is 1. The highest BCUT2D eigenvalue weighted by Crippen LogP contribution is 2.34. The van der Waals surface area contributed by atoms with Crippen molar-refractivity contribution < 1.29 is 9.18 Å². The Hall–Kier alpha value is -0.600. The van der Waals surface area contributed by atoms with Crippen LogP contribution in [0.15, 0.2) is 0 Å². The van der Waals surface area contributed by atoms with Gasteiger partial charge in [0.15, 0.2) is 0 Å². The van der Waals surface area contributed by atoms with Crippen LogP contribution in [0.2, 0.25) is 0 Å². The van der Waals surface area contributed by atoms with Gasteiger partial charge in [-0.2, -0.15) is 0 Å². The molecule has 0 aromatic carbocycles. The summed E-state index contributed by atoms with van der Waals surface area (Å²) in [5, 5.41) is 0. The second-order valence-electron chi connectivity index (χ2n) is 4.41. The maximum atomic E-state index is 12.6. The zero-order valence-corrected chi connectivity index (χ0v) is 8.00. The Morgan fingerprint density at radius 2 is 2.23 bits per heavy atom. The van der Waals surface area contributed by atoms with Crippen molar-refractivity contribution in [2.75, 3.05) is 13.2 Å². The summed E-state index contributed by atoms with van der Waals surface area (Å²) >= 11 is 0. The Morgan fingerprint density at radius 1 is 1.54 bits per heavy atom. The number of carbonyl (C=O) groups excluding carboxylic acids is 1. The first-order chi connectivity index (χ1) is 6.22. The maximum Gasteiger partial charge on any atom is 0.226 e. The van der Waals surface area contributed by atoms with Gasteiger partial charge in [0.2, 0.25) is 5.91 Å². The summed E-state index contributed by atoms with van der Waals surface area (Å²) in [6, 6.07) is -0.122. The molecule has 1 aliphatic heterocycles. The molecule has 0 aromatic heterocycles. The number of hydrogen-bond donors (Lipinski definition) is 0. The third-order valence-corrected chi connectivity index (χ3v) is 3.01. The fourth-order valence-electron chi connectivity index (χ4n) is 2.13. The van der Waals surface area contributed by atoms with E-state index >= 15 is 0 Å². The highest BCUT2D eigenvalue weighted by atomic mass is 19.1. The van der Waals surface area contributed by atoms with Crippen LogP contribution in [0.25, 0.3) is 0 Å². The van der Waals surface area contributed by atoms with Gasteiger partial charge >= 0.3 is 0 Å². The highest BCUT2D eigenvalue weighted by Gasteiger charge is 2.40. The first kappa shape index (κ1) is 8.97. The van der Waals surface area contributed by atoms with E-state index in [0.29, 0.717) is 5.92 Å². The lowest BCUT2D eigenvalue weighted by Crippen LogP contribution is -2.37. The van der Waals surface area contributed by atoms with Crippen LogP contribution in [-0.2, 0) is 4.79 Å². The monoisotopic (exact) mass is 185 g/mol. The van der Waals surface area contributed by atoms with E-state index in [9.17, 15) is 9.18 Å². The van der Waals surface area contributed by atoms with Crippen LogP contribution in [0.5, 0.6) is 0 Å². The van der Waals surface area contributed by atoms with Crippen LogP contribution in [0, 0.1) is 11.8 Å². The van der Waals surface area contributed by atoms with Gasteiger partial charge in [0.05, 0.1) is 6.04 Å². The number of likely N-dealkylation sites (tertiary alicyclic amines) is 1. The van der Waals surface area contributed by atoms with Gasteiger partial charge in [0.25, 0.3) is 0 Å². The van der Waals surface area contributed by atoms with Gasteiger partial charge in [-0.25, -0.2) is 4.39 Å². The van der Waals surface area contributed by atoms with E-state index in [0.717, 1.165) is 25.8 Å². The molecule has 3 heteroatoms. The van der Waals surface area contributed by atoms with E-state index in [2.05, 4.69) is 6.92 Å². The van der Waals surface area contributed by atoms with Crippen molar-refractivity contribution in [3.05, 3.63) is 0 Å². The number of hydrogen-bond acceptors (Lipinski definition) is 1. The van der Waals surface area contributed by atoms with Crippen molar-refractivity contribution in [1.29, 1.82) is 0 Å². The molecule has 2 fully saturated rings. The minimum absolute atomic E-state index is 0.122. The summed E-state index contributed by atoms with van der Waals surface area (Å²) in [5.41, 5.74) is 0. The predicted octanol–water partition coefficient (Wildman–Crippen LogP) is 1.60. The lowest BCUT2D eigenvalue weighted by molar-refractivity contribution is -0.133. The third-order valence-electron chi connectivity index (χ3n) is 3.01. The summed E-state index contributed by atoms with van der Waals surface area (Å²) in [6.07, 6.45) is 2.88. The van der Waals surface area contributed by atoms with Crippen LogP contribution < -0.4 is 0 Å². The van der Waals surface area contributed by atoms with Crippen LogP contribution >= 0.6 is 0 Å². The SMILES string of the molecule is CC1CC(CF)N(C(=O)C2CC2)C1. The molecule has 13 heavy (non-hydrogen) atoms. The molecule has 0 aromatic rings. The number of alkyl halides is 1. The number of halogens is 1. The highest BCUT2D eigenvalue weighted by molar-refractivity contribution is 5.81. The molecule has 1 aliphatic carbocycles. The van der Waals surface area contributed by atoms with Crippen molar-refractivity contribution in [3.8, 4) is 0 Å². The maximum absolute atomic E-state index is 12.6. The van der Waals surface area contributed by atoms with Crippen molar-refractivity contribution in [3.63, 3.8) is 0 Å². The van der Waals surface area contributed by atoms with Crippen LogP contribution in [0.1, 0.15) is 26.2 Å². The molecule has 1 amide bonds. The zero-order valence-electron chi connectivity index (χ0n) is 8.00. The molecule has 0 bridgehead atoms. The lowest BCUT2D eigenvalue weighted by atomic mass is 10.1. The molecular formula is C10H16FNO. The van der Waals surface area contributed by atoms with Crippen molar-refractivity contribution in [2.24, 2.45) is 11.8 Å². The predicted molar refractivity (Wildman–Crippen MR) is 48.0 cm³/mol. The second-order valence-corrected chi connectivity index (χ2v) is 4.41.